The smallest absolute Gasteiger partial charge is 0.149 e. The highest BCUT2D eigenvalue weighted by Crippen LogP contribution is 2.33. The molecule has 2 fully saturated rings. The van der Waals surface area contributed by atoms with Gasteiger partial charge in [0.2, 0.25) is 0 Å². The van der Waals surface area contributed by atoms with Gasteiger partial charge in [0.05, 0.1) is 35.4 Å². The maximum atomic E-state index is 15.0. The van der Waals surface area contributed by atoms with E-state index in [0.717, 1.165) is 56.8 Å². The summed E-state index contributed by atoms with van der Waals surface area (Å²) in [5.41, 5.74) is 8.14. The van der Waals surface area contributed by atoms with Crippen LogP contribution in [0.15, 0.2) is 42.7 Å². The first kappa shape index (κ1) is 24.4. The number of rotatable bonds is 6. The summed E-state index contributed by atoms with van der Waals surface area (Å²) in [5, 5.41) is 3.31. The molecule has 1 aromatic carbocycles. The van der Waals surface area contributed by atoms with Gasteiger partial charge in [-0.15, -0.1) is 0 Å². The molecule has 2 atom stereocenters. The molecule has 0 radical (unpaired) electrons. The molecule has 5 rings (SSSR count). The molecule has 4 heterocycles. The molecule has 2 saturated heterocycles. The number of nitrogens with one attached hydrogen (secondary N) is 1. The van der Waals surface area contributed by atoms with Gasteiger partial charge in [0.25, 0.3) is 0 Å². The Kier molecular flexibility index (Phi) is 7.00. The second-order valence-corrected chi connectivity index (χ2v) is 9.86. The fourth-order valence-corrected chi connectivity index (χ4v) is 5.28. The summed E-state index contributed by atoms with van der Waals surface area (Å²) in [6.07, 6.45) is 6.41. The number of pyridine rings is 2. The third-order valence-corrected chi connectivity index (χ3v) is 6.93. The molecular weight excluding hydrogens is 465 g/mol. The molecule has 3 aromatic rings. The first-order chi connectivity index (χ1) is 17.4. The third kappa shape index (κ3) is 5.11. The van der Waals surface area contributed by atoms with E-state index in [1.807, 2.05) is 11.0 Å². The normalized spacial score (nSPS) is 20.1. The van der Waals surface area contributed by atoms with Crippen molar-refractivity contribution in [3.05, 3.63) is 65.9 Å². The standard InChI is InChI=1S/C27H31F3N6/c1-17-10-18(31)16-36(15-17)25-6-7-32-14-24(25)33-13-19-4-5-21(28)27(34-19)26-22(29)11-20(12-23(26)30)35-8-2-3-9-35/h4-7,11-12,14,17-18,33H,2-3,8-10,13,15-16,31H2,1H3/t17-,18+/m1/s1. The zero-order valence-corrected chi connectivity index (χ0v) is 20.4. The summed E-state index contributed by atoms with van der Waals surface area (Å²) >= 11 is 0. The number of benzene rings is 1. The van der Waals surface area contributed by atoms with Crippen molar-refractivity contribution in [3.8, 4) is 11.3 Å². The van der Waals surface area contributed by atoms with Gasteiger partial charge < -0.3 is 20.9 Å². The van der Waals surface area contributed by atoms with Crippen LogP contribution in [-0.2, 0) is 6.54 Å². The minimum absolute atomic E-state index is 0.0951. The molecule has 0 aliphatic carbocycles. The molecule has 36 heavy (non-hydrogen) atoms. The van der Waals surface area contributed by atoms with Gasteiger partial charge >= 0.3 is 0 Å². The second-order valence-electron chi connectivity index (χ2n) is 9.86. The lowest BCUT2D eigenvalue weighted by molar-refractivity contribution is 0.402. The van der Waals surface area contributed by atoms with E-state index >= 15 is 8.78 Å². The molecule has 0 amide bonds. The molecule has 9 heteroatoms. The van der Waals surface area contributed by atoms with E-state index in [2.05, 4.69) is 27.1 Å². The second kappa shape index (κ2) is 10.3. The quantitative estimate of drug-likeness (QED) is 0.504. The van der Waals surface area contributed by atoms with E-state index < -0.39 is 23.0 Å². The van der Waals surface area contributed by atoms with Gasteiger partial charge in [0.15, 0.2) is 0 Å². The van der Waals surface area contributed by atoms with Crippen molar-refractivity contribution in [3.63, 3.8) is 0 Å². The van der Waals surface area contributed by atoms with Crippen molar-refractivity contribution in [1.82, 2.24) is 9.97 Å². The van der Waals surface area contributed by atoms with Crippen LogP contribution >= 0.6 is 0 Å². The number of piperidine rings is 1. The summed E-state index contributed by atoms with van der Waals surface area (Å²) in [6, 6.07) is 7.27. The Morgan fingerprint density at radius 1 is 1.00 bits per heavy atom. The summed E-state index contributed by atoms with van der Waals surface area (Å²) in [6.45, 7) is 5.55. The van der Waals surface area contributed by atoms with Gasteiger partial charge in [-0.25, -0.2) is 18.2 Å². The van der Waals surface area contributed by atoms with E-state index in [9.17, 15) is 4.39 Å². The zero-order chi connectivity index (χ0) is 25.2. The molecule has 0 saturated carbocycles. The van der Waals surface area contributed by atoms with E-state index in [0.29, 0.717) is 17.3 Å². The van der Waals surface area contributed by atoms with Crippen LogP contribution in [0.3, 0.4) is 0 Å². The summed E-state index contributed by atoms with van der Waals surface area (Å²) in [4.78, 5) is 12.7. The number of anilines is 3. The fourth-order valence-electron chi connectivity index (χ4n) is 5.28. The first-order valence-electron chi connectivity index (χ1n) is 12.5. The average Bonchev–Trinajstić information content (AvgIpc) is 3.39. The SMILES string of the molecule is C[C@@H]1C[C@H](N)CN(c2ccncc2NCc2ccc(F)c(-c3c(F)cc(N4CCCC4)cc3F)n2)C1. The van der Waals surface area contributed by atoms with Crippen LogP contribution in [0.1, 0.15) is 31.9 Å². The van der Waals surface area contributed by atoms with Crippen LogP contribution in [-0.4, -0.2) is 42.2 Å². The van der Waals surface area contributed by atoms with Gasteiger partial charge in [0, 0.05) is 44.1 Å². The molecule has 2 aliphatic rings. The largest absolute Gasteiger partial charge is 0.376 e. The van der Waals surface area contributed by atoms with E-state index in [1.54, 1.807) is 12.4 Å². The van der Waals surface area contributed by atoms with Gasteiger partial charge in [-0.1, -0.05) is 6.92 Å². The predicted octanol–water partition coefficient (Wildman–Crippen LogP) is 4.95. The van der Waals surface area contributed by atoms with Crippen LogP contribution in [0.25, 0.3) is 11.3 Å². The minimum atomic E-state index is -0.821. The maximum Gasteiger partial charge on any atom is 0.149 e. The molecule has 6 nitrogen and oxygen atoms in total. The molecule has 2 aromatic heterocycles. The fraction of sp³-hybridized carbons (Fsp3) is 0.407. The lowest BCUT2D eigenvalue weighted by Gasteiger charge is -2.37. The molecule has 3 N–H and O–H groups in total. The van der Waals surface area contributed by atoms with Crippen molar-refractivity contribution in [2.75, 3.05) is 41.3 Å². The summed E-state index contributed by atoms with van der Waals surface area (Å²) < 4.78 is 44.7. The minimum Gasteiger partial charge on any atom is -0.376 e. The number of nitrogens with zero attached hydrogens (tertiary/aromatic N) is 4. The number of halogens is 3. The van der Waals surface area contributed by atoms with Gasteiger partial charge in [0.1, 0.15) is 23.1 Å². The lowest BCUT2D eigenvalue weighted by atomic mass is 9.96. The van der Waals surface area contributed by atoms with Crippen molar-refractivity contribution >= 4 is 17.1 Å². The first-order valence-corrected chi connectivity index (χ1v) is 12.5. The highest BCUT2D eigenvalue weighted by molar-refractivity contribution is 5.69. The Morgan fingerprint density at radius 2 is 1.75 bits per heavy atom. The molecule has 2 aliphatic heterocycles. The van der Waals surface area contributed by atoms with E-state index in [-0.39, 0.29) is 18.3 Å². The van der Waals surface area contributed by atoms with Crippen molar-refractivity contribution in [1.29, 1.82) is 0 Å². The number of aromatic nitrogens is 2. The maximum absolute atomic E-state index is 15.0. The number of hydrogen-bond acceptors (Lipinski definition) is 6. The van der Waals surface area contributed by atoms with Crippen molar-refractivity contribution in [2.24, 2.45) is 11.7 Å². The molecule has 0 bridgehead atoms. The number of nitrogens with two attached hydrogens (primary N) is 1. The Balaban J connectivity index is 1.38. The Morgan fingerprint density at radius 3 is 2.47 bits per heavy atom. The predicted molar refractivity (Wildman–Crippen MR) is 137 cm³/mol. The van der Waals surface area contributed by atoms with Gasteiger partial charge in [-0.2, -0.15) is 0 Å². The summed E-state index contributed by atoms with van der Waals surface area (Å²) in [7, 11) is 0. The molecule has 190 valence electrons. The Labute approximate surface area is 209 Å². The van der Waals surface area contributed by atoms with Crippen LogP contribution in [0.5, 0.6) is 0 Å². The van der Waals surface area contributed by atoms with Crippen molar-refractivity contribution in [2.45, 2.75) is 38.8 Å². The molecular formula is C27H31F3N6. The highest BCUT2D eigenvalue weighted by Gasteiger charge is 2.25. The van der Waals surface area contributed by atoms with Gasteiger partial charge in [-0.3, -0.25) is 4.98 Å². The molecule has 0 unspecified atom stereocenters. The van der Waals surface area contributed by atoms with Crippen LogP contribution in [0.4, 0.5) is 30.2 Å². The van der Waals surface area contributed by atoms with Crippen LogP contribution < -0.4 is 20.9 Å². The highest BCUT2D eigenvalue weighted by atomic mass is 19.1. The topological polar surface area (TPSA) is 70.3 Å². The van der Waals surface area contributed by atoms with Crippen LogP contribution in [0, 0.1) is 23.4 Å². The van der Waals surface area contributed by atoms with Gasteiger partial charge in [-0.05, 0) is 55.5 Å². The molecule has 0 spiro atoms. The van der Waals surface area contributed by atoms with E-state index in [1.165, 1.54) is 24.3 Å². The number of hydrogen-bond donors (Lipinski definition) is 2. The van der Waals surface area contributed by atoms with Crippen LogP contribution in [0.2, 0.25) is 0 Å². The third-order valence-electron chi connectivity index (χ3n) is 6.93. The monoisotopic (exact) mass is 496 g/mol. The van der Waals surface area contributed by atoms with E-state index in [4.69, 9.17) is 5.73 Å². The Hall–Kier alpha value is -3.33. The average molecular weight is 497 g/mol. The summed E-state index contributed by atoms with van der Waals surface area (Å²) in [5.74, 6) is -1.95. The zero-order valence-electron chi connectivity index (χ0n) is 20.4. The van der Waals surface area contributed by atoms with Crippen molar-refractivity contribution < 1.29 is 13.2 Å². The Bertz CT molecular complexity index is 1200. The lowest BCUT2D eigenvalue weighted by Crippen LogP contribution is -2.46.